The summed E-state index contributed by atoms with van der Waals surface area (Å²) in [6.07, 6.45) is -0.161. The molecule has 0 saturated heterocycles. The van der Waals surface area contributed by atoms with Crippen LogP contribution in [0.2, 0.25) is 0 Å². The molecule has 0 aliphatic carbocycles. The van der Waals surface area contributed by atoms with Crippen molar-refractivity contribution in [2.45, 2.75) is 6.92 Å². The van der Waals surface area contributed by atoms with E-state index >= 15 is 0 Å². The zero-order chi connectivity index (χ0) is 9.84. The van der Waals surface area contributed by atoms with E-state index in [1.807, 2.05) is 6.07 Å². The van der Waals surface area contributed by atoms with Gasteiger partial charge in [-0.25, -0.2) is 9.78 Å². The fraction of sp³-hybridized carbons (Fsp3) is 0.125. The van der Waals surface area contributed by atoms with Gasteiger partial charge in [-0.2, -0.15) is 5.26 Å². The van der Waals surface area contributed by atoms with E-state index in [4.69, 9.17) is 10.4 Å². The van der Waals surface area contributed by atoms with E-state index in [1.165, 1.54) is 12.3 Å². The molecule has 0 aliphatic rings. The molecule has 0 fully saturated rings. The zero-order valence-corrected chi connectivity index (χ0v) is 6.81. The minimum atomic E-state index is -1.42. The molecule has 5 nitrogen and oxygen atoms in total. The summed E-state index contributed by atoms with van der Waals surface area (Å²) in [5.74, 6) is 0.00602. The molecule has 0 spiro atoms. The van der Waals surface area contributed by atoms with Crippen LogP contribution in [0, 0.1) is 18.3 Å². The lowest BCUT2D eigenvalue weighted by Gasteiger charge is -2.01. The Hall–Kier alpha value is -2.09. The maximum absolute atomic E-state index is 10.1. The highest BCUT2D eigenvalue weighted by Gasteiger charge is 2.06. The normalized spacial score (nSPS) is 8.92. The summed E-state index contributed by atoms with van der Waals surface area (Å²) in [4.78, 5) is 13.8. The van der Waals surface area contributed by atoms with Crippen molar-refractivity contribution < 1.29 is 14.6 Å². The van der Waals surface area contributed by atoms with E-state index < -0.39 is 6.16 Å². The average Bonchev–Trinajstić information content (AvgIpc) is 2.08. The summed E-state index contributed by atoms with van der Waals surface area (Å²) in [7, 11) is 0. The van der Waals surface area contributed by atoms with Crippen LogP contribution in [-0.4, -0.2) is 16.2 Å². The second-order valence-electron chi connectivity index (χ2n) is 2.33. The number of pyridine rings is 1. The Morgan fingerprint density at radius 2 is 2.46 bits per heavy atom. The van der Waals surface area contributed by atoms with Crippen molar-refractivity contribution in [3.63, 3.8) is 0 Å². The number of nitriles is 1. The van der Waals surface area contributed by atoms with Gasteiger partial charge in [-0.1, -0.05) is 0 Å². The molecule has 0 bridgehead atoms. The smallest absolute Gasteiger partial charge is 0.449 e. The molecule has 66 valence electrons. The van der Waals surface area contributed by atoms with Crippen LogP contribution in [-0.2, 0) is 0 Å². The molecule has 1 aromatic heterocycles. The standard InChI is InChI=1S/C8H6N2O3/c1-5-2-6(3-9)4-10-7(5)13-8(11)12/h2,4H,1H3,(H,11,12). The van der Waals surface area contributed by atoms with Crippen molar-refractivity contribution in [2.24, 2.45) is 0 Å². The maximum Gasteiger partial charge on any atom is 0.512 e. The van der Waals surface area contributed by atoms with Crippen LogP contribution in [0.25, 0.3) is 0 Å². The highest BCUT2D eigenvalue weighted by Crippen LogP contribution is 2.14. The molecule has 0 amide bonds. The topological polar surface area (TPSA) is 83.2 Å². The highest BCUT2D eigenvalue weighted by molar-refractivity contribution is 5.61. The van der Waals surface area contributed by atoms with Crippen LogP contribution in [0.4, 0.5) is 4.79 Å². The van der Waals surface area contributed by atoms with Gasteiger partial charge >= 0.3 is 6.16 Å². The molecular formula is C8H6N2O3. The van der Waals surface area contributed by atoms with Crippen molar-refractivity contribution in [3.05, 3.63) is 23.4 Å². The van der Waals surface area contributed by atoms with Gasteiger partial charge in [0.05, 0.1) is 5.56 Å². The molecule has 0 aromatic carbocycles. The number of aryl methyl sites for hydroxylation is 1. The Balaban J connectivity index is 3.00. The third kappa shape index (κ3) is 2.17. The number of carboxylic acid groups (broad SMARTS) is 1. The summed E-state index contributed by atoms with van der Waals surface area (Å²) in [6, 6.07) is 3.39. The molecule has 0 saturated carbocycles. The molecular weight excluding hydrogens is 172 g/mol. The molecule has 1 rings (SSSR count). The highest BCUT2D eigenvalue weighted by atomic mass is 16.7. The van der Waals surface area contributed by atoms with Crippen molar-refractivity contribution >= 4 is 6.16 Å². The summed E-state index contributed by atoms with van der Waals surface area (Å²) >= 11 is 0. The second kappa shape index (κ2) is 3.54. The fourth-order valence-corrected chi connectivity index (χ4v) is 0.813. The van der Waals surface area contributed by atoms with E-state index in [1.54, 1.807) is 6.92 Å². The number of carbonyl (C=O) groups is 1. The Morgan fingerprint density at radius 1 is 1.77 bits per heavy atom. The monoisotopic (exact) mass is 178 g/mol. The lowest BCUT2D eigenvalue weighted by Crippen LogP contribution is -2.05. The van der Waals surface area contributed by atoms with E-state index in [2.05, 4.69) is 9.72 Å². The summed E-state index contributed by atoms with van der Waals surface area (Å²) < 4.78 is 4.34. The number of rotatable bonds is 1. The van der Waals surface area contributed by atoms with E-state index in [0.29, 0.717) is 11.1 Å². The molecule has 0 radical (unpaired) electrons. The van der Waals surface area contributed by atoms with Crippen LogP contribution in [0.15, 0.2) is 12.3 Å². The van der Waals surface area contributed by atoms with Gasteiger partial charge in [-0.05, 0) is 13.0 Å². The van der Waals surface area contributed by atoms with Crippen LogP contribution in [0.5, 0.6) is 5.88 Å². The van der Waals surface area contributed by atoms with Gasteiger partial charge in [0.2, 0.25) is 5.88 Å². The van der Waals surface area contributed by atoms with Crippen molar-refractivity contribution in [2.75, 3.05) is 0 Å². The predicted molar refractivity (Wildman–Crippen MR) is 42.3 cm³/mol. The number of hydrogen-bond donors (Lipinski definition) is 1. The third-order valence-corrected chi connectivity index (χ3v) is 1.34. The summed E-state index contributed by atoms with van der Waals surface area (Å²) in [6.45, 7) is 1.62. The van der Waals surface area contributed by atoms with Gasteiger partial charge < -0.3 is 9.84 Å². The van der Waals surface area contributed by atoms with Crippen LogP contribution in [0.1, 0.15) is 11.1 Å². The molecule has 5 heteroatoms. The Bertz CT molecular complexity index is 381. The van der Waals surface area contributed by atoms with Gasteiger partial charge in [0.1, 0.15) is 6.07 Å². The third-order valence-electron chi connectivity index (χ3n) is 1.34. The predicted octanol–water partition coefficient (Wildman–Crippen LogP) is 1.32. The largest absolute Gasteiger partial charge is 0.512 e. The first-order valence-electron chi connectivity index (χ1n) is 3.41. The Labute approximate surface area is 74.2 Å². The first kappa shape index (κ1) is 9.00. The molecule has 1 aromatic rings. The number of hydrogen-bond acceptors (Lipinski definition) is 4. The van der Waals surface area contributed by atoms with E-state index in [0.717, 1.165) is 0 Å². The van der Waals surface area contributed by atoms with Crippen molar-refractivity contribution in [1.29, 1.82) is 5.26 Å². The average molecular weight is 178 g/mol. The summed E-state index contributed by atoms with van der Waals surface area (Å²) in [5, 5.41) is 16.8. The molecule has 0 unspecified atom stereocenters. The molecule has 0 aliphatic heterocycles. The fourth-order valence-electron chi connectivity index (χ4n) is 0.813. The first-order chi connectivity index (χ1) is 6.13. The lowest BCUT2D eigenvalue weighted by atomic mass is 10.2. The van der Waals surface area contributed by atoms with E-state index in [9.17, 15) is 4.79 Å². The van der Waals surface area contributed by atoms with Crippen LogP contribution in [0.3, 0.4) is 0 Å². The van der Waals surface area contributed by atoms with Crippen molar-refractivity contribution in [3.8, 4) is 11.9 Å². The molecule has 13 heavy (non-hydrogen) atoms. The Morgan fingerprint density at radius 3 is 2.92 bits per heavy atom. The lowest BCUT2D eigenvalue weighted by molar-refractivity contribution is 0.142. The minimum Gasteiger partial charge on any atom is -0.449 e. The van der Waals surface area contributed by atoms with E-state index in [-0.39, 0.29) is 5.88 Å². The van der Waals surface area contributed by atoms with Gasteiger partial charge in [0.15, 0.2) is 0 Å². The minimum absolute atomic E-state index is 0.00602. The van der Waals surface area contributed by atoms with Crippen LogP contribution < -0.4 is 4.74 Å². The quantitative estimate of drug-likeness (QED) is 0.655. The van der Waals surface area contributed by atoms with Crippen LogP contribution >= 0.6 is 0 Å². The number of nitrogens with zero attached hydrogens (tertiary/aromatic N) is 2. The first-order valence-corrected chi connectivity index (χ1v) is 3.41. The molecule has 1 heterocycles. The number of aromatic nitrogens is 1. The molecule has 0 atom stereocenters. The van der Waals surface area contributed by atoms with Gasteiger partial charge in [0.25, 0.3) is 0 Å². The van der Waals surface area contributed by atoms with Gasteiger partial charge in [-0.15, -0.1) is 0 Å². The molecule has 1 N–H and O–H groups in total. The zero-order valence-electron chi connectivity index (χ0n) is 6.81. The maximum atomic E-state index is 10.1. The number of ether oxygens (including phenoxy) is 1. The summed E-state index contributed by atoms with van der Waals surface area (Å²) in [5.41, 5.74) is 0.886. The second-order valence-corrected chi connectivity index (χ2v) is 2.33. The van der Waals surface area contributed by atoms with Gasteiger partial charge in [-0.3, -0.25) is 0 Å². The van der Waals surface area contributed by atoms with Gasteiger partial charge in [0, 0.05) is 11.8 Å². The SMILES string of the molecule is Cc1cc(C#N)cnc1OC(=O)O. The Kier molecular flexibility index (Phi) is 2.45. The van der Waals surface area contributed by atoms with Crippen molar-refractivity contribution in [1.82, 2.24) is 4.98 Å².